The maximum atomic E-state index is 10.7. The summed E-state index contributed by atoms with van der Waals surface area (Å²) in [6.45, 7) is -5.07. The summed E-state index contributed by atoms with van der Waals surface area (Å²) in [5.41, 5.74) is -14.9. The summed E-state index contributed by atoms with van der Waals surface area (Å²) in [6, 6.07) is -23.7. The van der Waals surface area contributed by atoms with Crippen molar-refractivity contribution in [2.45, 2.75) is 25.5 Å². The molecule has 250 valence electrons. The third-order valence-electron chi connectivity index (χ3n) is 9.25. The number of anilines is 3. The van der Waals surface area contributed by atoms with Crippen molar-refractivity contribution >= 4 is 49.4 Å². The van der Waals surface area contributed by atoms with Crippen LogP contribution in [0.4, 0.5) is 17.1 Å². The van der Waals surface area contributed by atoms with Crippen molar-refractivity contribution < 1.29 is 43.9 Å². The second-order valence-corrected chi connectivity index (χ2v) is 12.2. The number of fused-ring (bicyclic) bond motifs is 12. The van der Waals surface area contributed by atoms with Crippen molar-refractivity contribution in [2.75, 3.05) is 4.90 Å². The maximum Gasteiger partial charge on any atom is 0.0652 e. The highest BCUT2D eigenvalue weighted by Gasteiger charge is 2.36. The molecule has 0 N–H and O–H groups in total. The predicted molar refractivity (Wildman–Crippen MR) is 225 cm³/mol. The molecule has 0 fully saturated rings. The molecule has 53 heavy (non-hydrogen) atoms. The third kappa shape index (κ3) is 4.44. The van der Waals surface area contributed by atoms with E-state index in [1.165, 1.54) is 0 Å². The number of hydrogen-bond acceptors (Lipinski definition) is 1. The first kappa shape index (κ1) is 12.3. The van der Waals surface area contributed by atoms with Crippen LogP contribution in [-0.2, 0) is 11.8 Å². The molecule has 1 heteroatoms. The van der Waals surface area contributed by atoms with Crippen LogP contribution in [0.3, 0.4) is 0 Å². The normalized spacial score (nSPS) is 25.1. The van der Waals surface area contributed by atoms with Gasteiger partial charge in [-0.25, -0.2) is 0 Å². The van der Waals surface area contributed by atoms with E-state index in [1.54, 1.807) is 0 Å². The molecule has 0 aromatic heterocycles. The molecule has 2 aliphatic rings. The Labute approximate surface area is 355 Å². The number of hydrogen-bond donors (Lipinski definition) is 0. The molecule has 1 unspecified atom stereocenters. The summed E-state index contributed by atoms with van der Waals surface area (Å²) in [7, 11) is 0. The minimum Gasteiger partial charge on any atom is -0.310 e. The second-order valence-electron chi connectivity index (χ2n) is 12.2. The van der Waals surface area contributed by atoms with Gasteiger partial charge in [0.15, 0.2) is 0 Å². The summed E-state index contributed by atoms with van der Waals surface area (Å²) in [4.78, 5) is 0.350. The molecule has 0 bridgehead atoms. The van der Waals surface area contributed by atoms with Crippen LogP contribution in [0.1, 0.15) is 79.9 Å². The molecule has 1 nitrogen and oxygen atoms in total. The Morgan fingerprint density at radius 3 is 2.00 bits per heavy atom. The molecule has 0 saturated heterocycles. The van der Waals surface area contributed by atoms with Gasteiger partial charge in [0.05, 0.1) is 41.3 Å². The van der Waals surface area contributed by atoms with Gasteiger partial charge in [0.25, 0.3) is 0 Å². The largest absolute Gasteiger partial charge is 0.310 e. The van der Waals surface area contributed by atoms with Gasteiger partial charge in [0.1, 0.15) is 0 Å². The van der Waals surface area contributed by atoms with E-state index < -0.39 is 288 Å². The predicted octanol–water partition coefficient (Wildman–Crippen LogP) is 14.2. The molecule has 9 aromatic rings. The van der Waals surface area contributed by atoms with Gasteiger partial charge in [-0.2, -0.15) is 0 Å². The first-order chi connectivity index (χ1) is 39.4. The van der Waals surface area contributed by atoms with Gasteiger partial charge in [-0.3, -0.25) is 0 Å². The lowest BCUT2D eigenvalue weighted by Crippen LogP contribution is -2.17. The van der Waals surface area contributed by atoms with Gasteiger partial charge < -0.3 is 4.90 Å². The van der Waals surface area contributed by atoms with Crippen LogP contribution in [0.25, 0.3) is 65.7 Å². The van der Waals surface area contributed by atoms with Crippen molar-refractivity contribution in [3.8, 4) is 33.4 Å². The van der Waals surface area contributed by atoms with Crippen molar-refractivity contribution in [1.82, 2.24) is 0 Å². The maximum absolute atomic E-state index is 10.7. The molecular formula is C52H37N. The Bertz CT molecular complexity index is 4650. The summed E-state index contributed by atoms with van der Waals surface area (Å²) < 4.78 is 299. The van der Waals surface area contributed by atoms with E-state index in [-0.39, 0.29) is 0 Å². The minimum atomic E-state index is -3.66. The molecule has 2 aliphatic carbocycles. The zero-order chi connectivity index (χ0) is 62.9. The fourth-order valence-electron chi connectivity index (χ4n) is 6.91. The summed E-state index contributed by atoms with van der Waals surface area (Å²) >= 11 is 0. The number of benzene rings is 9. The lowest BCUT2D eigenvalue weighted by Gasteiger charge is -2.31. The van der Waals surface area contributed by atoms with Crippen molar-refractivity contribution in [2.24, 2.45) is 0 Å². The van der Waals surface area contributed by atoms with Crippen LogP contribution < -0.4 is 4.90 Å². The Morgan fingerprint density at radius 1 is 0.491 bits per heavy atom. The molecule has 0 spiro atoms. The molecule has 1 atom stereocenters. The molecule has 0 aliphatic heterocycles. The lowest BCUT2D eigenvalue weighted by atomic mass is 9.82. The molecule has 0 amide bonds. The van der Waals surface area contributed by atoms with Gasteiger partial charge in [-0.15, -0.1) is 0 Å². The van der Waals surface area contributed by atoms with Crippen LogP contribution in [0, 0.1) is 0 Å². The summed E-state index contributed by atoms with van der Waals surface area (Å²) in [6.07, 6.45) is -3.11. The molecule has 9 aromatic carbocycles. The summed E-state index contributed by atoms with van der Waals surface area (Å²) in [5.74, 6) is 0. The average Bonchev–Trinajstić information content (AvgIpc) is 1.69. The van der Waals surface area contributed by atoms with Gasteiger partial charge in [0.2, 0.25) is 0 Å². The quantitative estimate of drug-likeness (QED) is 0.165. The van der Waals surface area contributed by atoms with E-state index in [0.29, 0.717) is 4.90 Å². The molecule has 11 rings (SSSR count). The fraction of sp³-hybridized carbons (Fsp3) is 0.0769. The molecule has 0 heterocycles. The minimum absolute atomic E-state index is 0.350. The number of nitrogens with zero attached hydrogens (tertiary/aromatic N) is 1. The smallest absolute Gasteiger partial charge is 0.0652 e. The SMILES string of the molecule is [2H]CC1(C([2H])([2H])[2H])c2c([2H])c([2H])c([2H])c([2H])c2-c2c([2H])c([2H])c(N(c3c([2H])c([2H])c4c(c3[2H])C([2H])([2H])c3c([2H])ccc([2H])c3-4)c3c(-c4c([2H])c([2H])c([2H])c([2H])c4[2H])c([2H])c4c5c([2H])c([2H])c([2H])c([2H])c5c5c([2H])cc([2H])c([2H])c5c4c3[2H])c([2H])c21. The van der Waals surface area contributed by atoms with Crippen LogP contribution >= 0.6 is 0 Å². The highest BCUT2D eigenvalue weighted by molar-refractivity contribution is 6.26. The standard InChI is InChI=1S/C52H37N/c1-52(2)49-23-13-12-22-44(49)45-27-25-37(30-50(45)52)53(36-24-26-39-35(29-36)28-34-16-6-7-17-38(34)39)51-32-48-43-21-11-9-19-41(43)40-18-8-10-20-42(40)47(48)31-46(51)33-14-4-3-5-15-33/h3-27,29-32H,28H2,1-2H3/i1D,2D3,3D,4D,5D,8D,10D,11D,12D,13D,14D,15D,16D,17D,18D,19D,20D,21D,22D,23D,24D,25D,26D,27D,28D2,29D,30D,31D,32D. The Hall–Kier alpha value is -6.44. The molecule has 0 radical (unpaired) electrons. The first-order valence-electron chi connectivity index (χ1n) is 32.2. The van der Waals surface area contributed by atoms with Crippen LogP contribution in [0.15, 0.2) is 175 Å². The van der Waals surface area contributed by atoms with Crippen molar-refractivity contribution in [3.63, 3.8) is 0 Å². The van der Waals surface area contributed by atoms with E-state index in [1.807, 2.05) is 0 Å². The Kier molecular flexibility index (Phi) is 2.62. The molecule has 0 saturated carbocycles. The number of rotatable bonds is 4. The van der Waals surface area contributed by atoms with Crippen LogP contribution in [0.2, 0.25) is 0 Å². The lowest BCUT2D eigenvalue weighted by molar-refractivity contribution is 0.660. The van der Waals surface area contributed by atoms with E-state index in [9.17, 15) is 21.9 Å². The van der Waals surface area contributed by atoms with Gasteiger partial charge >= 0.3 is 0 Å². The van der Waals surface area contributed by atoms with Crippen LogP contribution in [0.5, 0.6) is 0 Å². The molecular weight excluding hydrogens is 639 g/mol. The van der Waals surface area contributed by atoms with Gasteiger partial charge in [-0.1, -0.05) is 153 Å². The van der Waals surface area contributed by atoms with Crippen molar-refractivity contribution in [1.29, 1.82) is 0 Å². The van der Waals surface area contributed by atoms with Crippen molar-refractivity contribution in [3.05, 3.63) is 198 Å². The van der Waals surface area contributed by atoms with E-state index in [0.717, 1.165) is 18.2 Å². The van der Waals surface area contributed by atoms with E-state index >= 15 is 0 Å². The highest BCUT2D eigenvalue weighted by atomic mass is 15.1. The van der Waals surface area contributed by atoms with Gasteiger partial charge in [0, 0.05) is 30.6 Å². The van der Waals surface area contributed by atoms with E-state index in [2.05, 4.69) is 0 Å². The fourth-order valence-corrected chi connectivity index (χ4v) is 6.91. The highest BCUT2D eigenvalue weighted by Crippen LogP contribution is 2.52. The topological polar surface area (TPSA) is 3.24 Å². The van der Waals surface area contributed by atoms with Crippen LogP contribution in [-0.4, -0.2) is 0 Å². The third-order valence-corrected chi connectivity index (χ3v) is 9.25. The zero-order valence-electron chi connectivity index (χ0n) is 58.9. The monoisotopic (exact) mass is 707 g/mol. The zero-order valence-corrected chi connectivity index (χ0v) is 26.9. The Balaban J connectivity index is 1.51. The summed E-state index contributed by atoms with van der Waals surface area (Å²) in [5, 5.41) is -4.08. The first-order valence-corrected chi connectivity index (χ1v) is 16.0. The Morgan fingerprint density at radius 2 is 1.15 bits per heavy atom. The average molecular weight is 708 g/mol. The second kappa shape index (κ2) is 11.3. The van der Waals surface area contributed by atoms with Gasteiger partial charge in [-0.05, 0) is 125 Å². The van der Waals surface area contributed by atoms with E-state index in [4.69, 9.17) is 21.9 Å².